The zero-order valence-corrected chi connectivity index (χ0v) is 18.7. The van der Waals surface area contributed by atoms with Gasteiger partial charge in [-0.25, -0.2) is 19.6 Å². The van der Waals surface area contributed by atoms with E-state index in [0.717, 1.165) is 21.6 Å². The van der Waals surface area contributed by atoms with Crippen molar-refractivity contribution in [2.75, 3.05) is 37.7 Å². The fraction of sp³-hybridized carbons (Fsp3) is 0.600. The number of carbonyl (C=O) groups excluding carboxylic acids is 2. The van der Waals surface area contributed by atoms with Crippen molar-refractivity contribution in [3.05, 3.63) is 16.3 Å². The minimum Gasteiger partial charge on any atom is -0.462 e. The molecule has 0 bridgehead atoms. The number of fused-ring (bicyclic) bond motifs is 1. The molecule has 29 heavy (non-hydrogen) atoms. The van der Waals surface area contributed by atoms with Gasteiger partial charge in [0.15, 0.2) is 0 Å². The molecule has 1 aliphatic heterocycles. The van der Waals surface area contributed by atoms with Gasteiger partial charge in [0, 0.05) is 26.2 Å². The number of anilines is 1. The number of thiophene rings is 1. The van der Waals surface area contributed by atoms with Crippen LogP contribution in [0.15, 0.2) is 0 Å². The van der Waals surface area contributed by atoms with E-state index >= 15 is 0 Å². The van der Waals surface area contributed by atoms with E-state index in [2.05, 4.69) is 14.9 Å². The second-order valence-electron chi connectivity index (χ2n) is 8.01. The molecule has 0 unspecified atom stereocenters. The topological polar surface area (TPSA) is 84.9 Å². The molecule has 8 nitrogen and oxygen atoms in total. The highest BCUT2D eigenvalue weighted by atomic mass is 32.1. The molecule has 0 radical (unpaired) electrons. The maximum Gasteiger partial charge on any atom is 0.410 e. The summed E-state index contributed by atoms with van der Waals surface area (Å²) in [5.41, 5.74) is 0.328. The Bertz CT molecular complexity index is 927. The summed E-state index contributed by atoms with van der Waals surface area (Å²) in [5.74, 6) is 1.13. The summed E-state index contributed by atoms with van der Waals surface area (Å²) in [6.45, 7) is 13.8. The highest BCUT2D eigenvalue weighted by molar-refractivity contribution is 7.20. The zero-order chi connectivity index (χ0) is 21.3. The first-order chi connectivity index (χ1) is 13.6. The Balaban J connectivity index is 1.85. The van der Waals surface area contributed by atoms with Crippen molar-refractivity contribution >= 4 is 39.4 Å². The third-order valence-corrected chi connectivity index (χ3v) is 5.74. The number of ether oxygens (including phenoxy) is 2. The third-order valence-electron chi connectivity index (χ3n) is 4.57. The van der Waals surface area contributed by atoms with Crippen LogP contribution in [0.2, 0.25) is 0 Å². The van der Waals surface area contributed by atoms with Gasteiger partial charge in [0.2, 0.25) is 0 Å². The molecular weight excluding hydrogens is 392 g/mol. The standard InChI is InChI=1S/C20H28N4O4S/c1-7-27-18(25)15-12(2)14-16(21-13(3)22-17(14)29-15)23-8-10-24(11-9-23)19(26)28-20(4,5)6/h7-11H2,1-6H3. The summed E-state index contributed by atoms with van der Waals surface area (Å²) < 4.78 is 10.7. The molecular formula is C20H28N4O4S. The van der Waals surface area contributed by atoms with Gasteiger partial charge < -0.3 is 19.3 Å². The minimum atomic E-state index is -0.512. The average Bonchev–Trinajstić information content (AvgIpc) is 2.96. The molecule has 3 rings (SSSR count). The predicted molar refractivity (Wildman–Crippen MR) is 113 cm³/mol. The van der Waals surface area contributed by atoms with Crippen LogP contribution in [0.3, 0.4) is 0 Å². The highest BCUT2D eigenvalue weighted by Crippen LogP contribution is 2.36. The maximum absolute atomic E-state index is 12.3. The maximum atomic E-state index is 12.3. The van der Waals surface area contributed by atoms with E-state index < -0.39 is 5.60 Å². The second kappa shape index (κ2) is 8.14. The van der Waals surface area contributed by atoms with Crippen molar-refractivity contribution in [2.24, 2.45) is 0 Å². The number of rotatable bonds is 3. The van der Waals surface area contributed by atoms with E-state index in [9.17, 15) is 9.59 Å². The van der Waals surface area contributed by atoms with Crippen LogP contribution >= 0.6 is 11.3 Å². The van der Waals surface area contributed by atoms with Crippen molar-refractivity contribution in [1.82, 2.24) is 14.9 Å². The Morgan fingerprint density at radius 2 is 1.76 bits per heavy atom. The Labute approximate surface area is 174 Å². The molecule has 0 saturated carbocycles. The fourth-order valence-corrected chi connectivity index (χ4v) is 4.38. The van der Waals surface area contributed by atoms with Crippen LogP contribution in [-0.4, -0.2) is 65.3 Å². The smallest absolute Gasteiger partial charge is 0.410 e. The molecule has 2 aromatic rings. The molecule has 158 valence electrons. The van der Waals surface area contributed by atoms with Gasteiger partial charge in [-0.3, -0.25) is 0 Å². The molecule has 3 heterocycles. The largest absolute Gasteiger partial charge is 0.462 e. The lowest BCUT2D eigenvalue weighted by molar-refractivity contribution is 0.0240. The van der Waals surface area contributed by atoms with Gasteiger partial charge in [0.25, 0.3) is 0 Å². The summed E-state index contributed by atoms with van der Waals surface area (Å²) in [6, 6.07) is 0. The van der Waals surface area contributed by atoms with E-state index in [1.165, 1.54) is 11.3 Å². The lowest BCUT2D eigenvalue weighted by atomic mass is 10.2. The summed E-state index contributed by atoms with van der Waals surface area (Å²) in [7, 11) is 0. The summed E-state index contributed by atoms with van der Waals surface area (Å²) >= 11 is 1.34. The monoisotopic (exact) mass is 420 g/mol. The van der Waals surface area contributed by atoms with E-state index in [1.807, 2.05) is 34.6 Å². The number of amides is 1. The number of nitrogens with zero attached hydrogens (tertiary/aromatic N) is 4. The van der Waals surface area contributed by atoms with E-state index in [0.29, 0.717) is 43.5 Å². The number of aromatic nitrogens is 2. The number of hydrogen-bond donors (Lipinski definition) is 0. The first kappa shape index (κ1) is 21.3. The molecule has 1 aliphatic rings. The Morgan fingerprint density at radius 1 is 1.10 bits per heavy atom. The van der Waals surface area contributed by atoms with Crippen molar-refractivity contribution in [1.29, 1.82) is 0 Å². The Hall–Kier alpha value is -2.42. The molecule has 0 spiro atoms. The zero-order valence-electron chi connectivity index (χ0n) is 17.9. The molecule has 9 heteroatoms. The first-order valence-corrected chi connectivity index (χ1v) is 10.6. The fourth-order valence-electron chi connectivity index (χ4n) is 3.27. The van der Waals surface area contributed by atoms with Crippen LogP contribution < -0.4 is 4.90 Å². The van der Waals surface area contributed by atoms with Gasteiger partial charge in [-0.2, -0.15) is 0 Å². The molecule has 0 atom stereocenters. The number of carbonyl (C=O) groups is 2. The number of piperazine rings is 1. The quantitative estimate of drug-likeness (QED) is 0.702. The van der Waals surface area contributed by atoms with Gasteiger partial charge in [-0.1, -0.05) is 0 Å². The first-order valence-electron chi connectivity index (χ1n) is 9.78. The minimum absolute atomic E-state index is 0.294. The number of aryl methyl sites for hydroxylation is 2. The molecule has 1 saturated heterocycles. The highest BCUT2D eigenvalue weighted by Gasteiger charge is 2.29. The van der Waals surface area contributed by atoms with Crippen LogP contribution in [0.5, 0.6) is 0 Å². The van der Waals surface area contributed by atoms with E-state index in [4.69, 9.17) is 9.47 Å². The van der Waals surface area contributed by atoms with E-state index in [1.54, 1.807) is 11.8 Å². The average molecular weight is 421 g/mol. The molecule has 1 amide bonds. The van der Waals surface area contributed by atoms with Gasteiger partial charge in [-0.15, -0.1) is 11.3 Å². The molecule has 0 aliphatic carbocycles. The van der Waals surface area contributed by atoms with Gasteiger partial charge in [0.05, 0.1) is 12.0 Å². The number of esters is 1. The lowest BCUT2D eigenvalue weighted by Crippen LogP contribution is -2.50. The van der Waals surface area contributed by atoms with Crippen LogP contribution in [0, 0.1) is 13.8 Å². The second-order valence-corrected chi connectivity index (χ2v) is 9.00. The van der Waals surface area contributed by atoms with Gasteiger partial charge in [0.1, 0.15) is 27.0 Å². The van der Waals surface area contributed by atoms with Crippen LogP contribution in [0.4, 0.5) is 10.6 Å². The molecule has 2 aromatic heterocycles. The van der Waals surface area contributed by atoms with Gasteiger partial charge in [-0.05, 0) is 47.1 Å². The van der Waals surface area contributed by atoms with Crippen LogP contribution in [0.1, 0.15) is 48.8 Å². The van der Waals surface area contributed by atoms with Crippen LogP contribution in [-0.2, 0) is 9.47 Å². The summed E-state index contributed by atoms with van der Waals surface area (Å²) in [5, 5.41) is 0.884. The molecule has 0 N–H and O–H groups in total. The molecule has 1 fully saturated rings. The lowest BCUT2D eigenvalue weighted by Gasteiger charge is -2.36. The van der Waals surface area contributed by atoms with Crippen molar-refractivity contribution < 1.29 is 19.1 Å². The van der Waals surface area contributed by atoms with Crippen molar-refractivity contribution in [3.63, 3.8) is 0 Å². The Morgan fingerprint density at radius 3 is 2.34 bits per heavy atom. The summed E-state index contributed by atoms with van der Waals surface area (Å²) in [6.07, 6.45) is -0.294. The van der Waals surface area contributed by atoms with Crippen molar-refractivity contribution in [3.8, 4) is 0 Å². The SMILES string of the molecule is CCOC(=O)c1sc2nc(C)nc(N3CCN(C(=O)OC(C)(C)C)CC3)c2c1C. The Kier molecular flexibility index (Phi) is 5.97. The molecule has 0 aromatic carbocycles. The van der Waals surface area contributed by atoms with Gasteiger partial charge >= 0.3 is 12.1 Å². The predicted octanol–water partition coefficient (Wildman–Crippen LogP) is 3.54. The van der Waals surface area contributed by atoms with E-state index in [-0.39, 0.29) is 12.1 Å². The third kappa shape index (κ3) is 4.60. The number of hydrogen-bond acceptors (Lipinski definition) is 8. The summed E-state index contributed by atoms with van der Waals surface area (Å²) in [4.78, 5) is 39.0. The normalized spacial score (nSPS) is 15.0. The van der Waals surface area contributed by atoms with Crippen molar-refractivity contribution in [2.45, 2.75) is 47.1 Å². The van der Waals surface area contributed by atoms with Crippen LogP contribution in [0.25, 0.3) is 10.2 Å².